The molecule has 0 aliphatic rings. The molecular weight excluding hydrogens is 293 g/mol. The first kappa shape index (κ1) is 14.1. The molecule has 0 aliphatic carbocycles. The molecule has 0 saturated carbocycles. The lowest BCUT2D eigenvalue weighted by atomic mass is 10.2. The van der Waals surface area contributed by atoms with Crippen LogP contribution in [-0.4, -0.2) is 41.4 Å². The van der Waals surface area contributed by atoms with Crippen LogP contribution in [0.1, 0.15) is 22.2 Å². The first-order valence-electron chi connectivity index (χ1n) is 7.41. The van der Waals surface area contributed by atoms with Crippen LogP contribution in [0.25, 0.3) is 0 Å². The Morgan fingerprint density at radius 1 is 1.30 bits per heavy atom. The third-order valence-corrected chi connectivity index (χ3v) is 7.92. The Bertz CT molecular complexity index is 577. The van der Waals surface area contributed by atoms with Crippen molar-refractivity contribution in [3.05, 3.63) is 39.9 Å². The van der Waals surface area contributed by atoms with E-state index in [1.807, 2.05) is 18.5 Å². The van der Waals surface area contributed by atoms with E-state index >= 15 is 0 Å². The molecular formula is C13H22N3O2PS. The molecule has 0 N–H and O–H groups in total. The van der Waals surface area contributed by atoms with Crippen LogP contribution in [0.5, 0.6) is 0 Å². The van der Waals surface area contributed by atoms with Crippen LogP contribution >= 0.6 is 6.34 Å². The SMILES string of the molecule is [2H]C([2H])(c1ccc([N+](=O)[O-])cc1)P(=S)(N(C)C)N(CC)CC. The number of hydrogen-bond acceptors (Lipinski definition) is 3. The number of benzene rings is 1. The van der Waals surface area contributed by atoms with Gasteiger partial charge in [-0.3, -0.25) is 19.5 Å². The second-order valence-electron chi connectivity index (χ2n) is 4.45. The Morgan fingerprint density at radius 2 is 1.80 bits per heavy atom. The second-order valence-corrected chi connectivity index (χ2v) is 8.65. The van der Waals surface area contributed by atoms with E-state index in [1.54, 1.807) is 18.8 Å². The summed E-state index contributed by atoms with van der Waals surface area (Å²) in [4.78, 5) is 10.3. The summed E-state index contributed by atoms with van der Waals surface area (Å²) in [6, 6.07) is 5.58. The lowest BCUT2D eigenvalue weighted by Gasteiger charge is -2.38. The lowest BCUT2D eigenvalue weighted by molar-refractivity contribution is -0.384. The van der Waals surface area contributed by atoms with E-state index in [9.17, 15) is 10.1 Å². The van der Waals surface area contributed by atoms with Crippen LogP contribution in [0.15, 0.2) is 24.3 Å². The maximum atomic E-state index is 10.7. The van der Waals surface area contributed by atoms with E-state index in [0.717, 1.165) is 0 Å². The highest BCUT2D eigenvalue weighted by Crippen LogP contribution is 2.54. The molecule has 0 radical (unpaired) electrons. The summed E-state index contributed by atoms with van der Waals surface area (Å²) in [6.07, 6.45) is -4.47. The third-order valence-electron chi connectivity index (χ3n) is 3.01. The predicted molar refractivity (Wildman–Crippen MR) is 87.7 cm³/mol. The van der Waals surface area contributed by atoms with E-state index in [-0.39, 0.29) is 5.69 Å². The zero-order chi connectivity index (χ0) is 17.1. The quantitative estimate of drug-likeness (QED) is 0.439. The van der Waals surface area contributed by atoms with Gasteiger partial charge in [0.05, 0.1) is 11.3 Å². The second kappa shape index (κ2) is 7.27. The minimum absolute atomic E-state index is 0.0551. The maximum absolute atomic E-state index is 10.7. The Kier molecular flexibility index (Phi) is 5.14. The molecule has 0 fully saturated rings. The number of nitro groups is 1. The largest absolute Gasteiger partial charge is 0.270 e. The van der Waals surface area contributed by atoms with Crippen molar-refractivity contribution in [2.24, 2.45) is 0 Å². The van der Waals surface area contributed by atoms with Gasteiger partial charge in [0, 0.05) is 34.1 Å². The van der Waals surface area contributed by atoms with E-state index < -0.39 is 17.4 Å². The number of non-ortho nitro benzene ring substituents is 1. The van der Waals surface area contributed by atoms with Gasteiger partial charge in [-0.15, -0.1) is 0 Å². The number of hydrogen-bond donors (Lipinski definition) is 0. The van der Waals surface area contributed by atoms with E-state index in [1.165, 1.54) is 24.3 Å². The summed E-state index contributed by atoms with van der Waals surface area (Å²) in [6.45, 7) is 5.22. The Labute approximate surface area is 128 Å². The molecule has 1 aromatic rings. The zero-order valence-electron chi connectivity index (χ0n) is 14.2. The van der Waals surface area contributed by atoms with Crippen molar-refractivity contribution in [1.29, 1.82) is 0 Å². The molecule has 1 atom stereocenters. The Morgan fingerprint density at radius 3 is 2.15 bits per heavy atom. The van der Waals surface area contributed by atoms with Crippen LogP contribution in [-0.2, 0) is 17.9 Å². The summed E-state index contributed by atoms with van der Waals surface area (Å²) in [5.74, 6) is 0. The van der Waals surface area contributed by atoms with E-state index in [4.69, 9.17) is 14.5 Å². The fourth-order valence-corrected chi connectivity index (χ4v) is 4.97. The number of rotatable bonds is 7. The highest BCUT2D eigenvalue weighted by Gasteiger charge is 2.26. The molecule has 0 amide bonds. The van der Waals surface area contributed by atoms with Gasteiger partial charge >= 0.3 is 0 Å². The number of nitrogens with zero attached hydrogens (tertiary/aromatic N) is 3. The third kappa shape index (κ3) is 3.85. The highest BCUT2D eigenvalue weighted by atomic mass is 32.4. The minimum Gasteiger partial charge on any atom is -0.270 e. The summed E-state index contributed by atoms with van der Waals surface area (Å²) in [5, 5.41) is 10.7. The zero-order valence-corrected chi connectivity index (χ0v) is 13.9. The van der Waals surface area contributed by atoms with Crippen molar-refractivity contribution < 1.29 is 7.66 Å². The van der Waals surface area contributed by atoms with Crippen molar-refractivity contribution in [1.82, 2.24) is 9.34 Å². The van der Waals surface area contributed by atoms with Crippen LogP contribution in [0.2, 0.25) is 0 Å². The van der Waals surface area contributed by atoms with Gasteiger partial charge < -0.3 is 0 Å². The summed E-state index contributed by atoms with van der Waals surface area (Å²) >= 11 is 5.80. The normalized spacial score (nSPS) is 16.7. The molecule has 0 spiro atoms. The van der Waals surface area contributed by atoms with Crippen LogP contribution < -0.4 is 0 Å². The van der Waals surface area contributed by atoms with E-state index in [2.05, 4.69) is 0 Å². The molecule has 7 heteroatoms. The molecule has 0 aliphatic heterocycles. The summed E-state index contributed by atoms with van der Waals surface area (Å²) in [5.41, 5.74) is 0.322. The van der Waals surface area contributed by atoms with Crippen LogP contribution in [0, 0.1) is 10.1 Å². The monoisotopic (exact) mass is 317 g/mol. The molecule has 0 heterocycles. The summed E-state index contributed by atoms with van der Waals surface area (Å²) in [7, 11) is 3.59. The Hall–Kier alpha value is -0.810. The van der Waals surface area contributed by atoms with Gasteiger partial charge in [-0.05, 0) is 19.7 Å². The molecule has 1 unspecified atom stereocenters. The maximum Gasteiger partial charge on any atom is 0.269 e. The minimum atomic E-state index is -2.70. The van der Waals surface area contributed by atoms with Crippen LogP contribution in [0.4, 0.5) is 5.69 Å². The first-order chi connectivity index (χ1) is 10.1. The van der Waals surface area contributed by atoms with E-state index in [0.29, 0.717) is 18.7 Å². The van der Waals surface area contributed by atoms with Gasteiger partial charge in [0.1, 0.15) is 0 Å². The molecule has 1 rings (SSSR count). The molecule has 1 aromatic carbocycles. The van der Waals surface area contributed by atoms with Crippen LogP contribution in [0.3, 0.4) is 0 Å². The van der Waals surface area contributed by atoms with Gasteiger partial charge in [-0.2, -0.15) is 0 Å². The molecule has 0 aromatic heterocycles. The molecule has 0 saturated heterocycles. The van der Waals surface area contributed by atoms with Gasteiger partial charge in [0.2, 0.25) is 0 Å². The van der Waals surface area contributed by atoms with Gasteiger partial charge in [0.15, 0.2) is 0 Å². The topological polar surface area (TPSA) is 49.6 Å². The standard InChI is InChI=1S/C13H22N3O2PS/c1-5-15(6-2)19(20,14(3)4)11-12-7-9-13(10-8-12)16(17)18/h7-10H,5-6,11H2,1-4H3/i11D2. The molecule has 20 heavy (non-hydrogen) atoms. The fourth-order valence-electron chi connectivity index (χ4n) is 1.86. The van der Waals surface area contributed by atoms with Crippen molar-refractivity contribution in [3.63, 3.8) is 0 Å². The molecule has 5 nitrogen and oxygen atoms in total. The van der Waals surface area contributed by atoms with Crippen molar-refractivity contribution in [3.8, 4) is 0 Å². The van der Waals surface area contributed by atoms with Gasteiger partial charge in [-0.1, -0.05) is 37.8 Å². The van der Waals surface area contributed by atoms with Crippen molar-refractivity contribution in [2.45, 2.75) is 20.0 Å². The first-order valence-corrected chi connectivity index (χ1v) is 9.12. The Balaban J connectivity index is 3.39. The lowest BCUT2D eigenvalue weighted by Crippen LogP contribution is -2.28. The average Bonchev–Trinajstić information content (AvgIpc) is 2.47. The highest BCUT2D eigenvalue weighted by molar-refractivity contribution is 8.11. The number of nitro benzene ring substituents is 1. The van der Waals surface area contributed by atoms with Crippen molar-refractivity contribution >= 4 is 23.8 Å². The average molecular weight is 317 g/mol. The fraction of sp³-hybridized carbons (Fsp3) is 0.538. The van der Waals surface area contributed by atoms with Gasteiger partial charge in [0.25, 0.3) is 5.69 Å². The van der Waals surface area contributed by atoms with Crippen molar-refractivity contribution in [2.75, 3.05) is 27.2 Å². The van der Waals surface area contributed by atoms with Gasteiger partial charge in [-0.25, -0.2) is 0 Å². The predicted octanol–water partition coefficient (Wildman–Crippen LogP) is 3.31. The molecule has 112 valence electrons. The smallest absolute Gasteiger partial charge is 0.269 e. The summed E-state index contributed by atoms with van der Waals surface area (Å²) < 4.78 is 21.0. The molecule has 0 bridgehead atoms.